The van der Waals surface area contributed by atoms with E-state index in [1.165, 1.54) is 95.5 Å². The zero-order chi connectivity index (χ0) is 20.3. The summed E-state index contributed by atoms with van der Waals surface area (Å²) in [5.41, 5.74) is 1.29. The highest BCUT2D eigenvalue weighted by Crippen LogP contribution is 2.35. The van der Waals surface area contributed by atoms with Crippen LogP contribution < -0.4 is 0 Å². The smallest absolute Gasteiger partial charge is 0.123 e. The molecular formula is C28H43F. The molecule has 0 amide bonds. The van der Waals surface area contributed by atoms with Gasteiger partial charge in [0, 0.05) is 0 Å². The van der Waals surface area contributed by atoms with Gasteiger partial charge in [0.25, 0.3) is 0 Å². The first-order valence-electron chi connectivity index (χ1n) is 12.7. The normalized spacial score (nSPS) is 28.1. The number of benzene rings is 1. The molecule has 2 aliphatic rings. The van der Waals surface area contributed by atoms with Crippen molar-refractivity contribution in [3.63, 3.8) is 0 Å². The number of halogens is 1. The first-order valence-corrected chi connectivity index (χ1v) is 12.7. The first kappa shape index (κ1) is 22.6. The van der Waals surface area contributed by atoms with Gasteiger partial charge in [-0.3, -0.25) is 0 Å². The molecule has 0 spiro atoms. The van der Waals surface area contributed by atoms with Crippen LogP contribution in [0.1, 0.15) is 102 Å². The third-order valence-electron chi connectivity index (χ3n) is 7.66. The minimum absolute atomic E-state index is 0.124. The van der Waals surface area contributed by atoms with E-state index >= 15 is 0 Å². The van der Waals surface area contributed by atoms with Crippen molar-refractivity contribution in [3.8, 4) is 0 Å². The largest absolute Gasteiger partial charge is 0.207 e. The van der Waals surface area contributed by atoms with E-state index in [0.29, 0.717) is 0 Å². The monoisotopic (exact) mass is 398 g/mol. The summed E-state index contributed by atoms with van der Waals surface area (Å²) in [6.45, 7) is 2.30. The molecule has 0 aromatic heterocycles. The number of hydrogen-bond acceptors (Lipinski definition) is 0. The summed E-state index contributed by atoms with van der Waals surface area (Å²) in [4.78, 5) is 0. The van der Waals surface area contributed by atoms with E-state index in [1.807, 2.05) is 12.1 Å². The lowest BCUT2D eigenvalue weighted by molar-refractivity contribution is 0.282. The molecular weight excluding hydrogens is 355 g/mol. The third kappa shape index (κ3) is 8.27. The van der Waals surface area contributed by atoms with Crippen molar-refractivity contribution in [3.05, 3.63) is 47.8 Å². The maximum absolute atomic E-state index is 13.0. The van der Waals surface area contributed by atoms with Gasteiger partial charge in [-0.2, -0.15) is 0 Å². The highest BCUT2D eigenvalue weighted by Gasteiger charge is 2.22. The van der Waals surface area contributed by atoms with E-state index in [1.54, 1.807) is 12.1 Å². The van der Waals surface area contributed by atoms with Crippen LogP contribution in [0.2, 0.25) is 0 Å². The van der Waals surface area contributed by atoms with Gasteiger partial charge >= 0.3 is 0 Å². The lowest BCUT2D eigenvalue weighted by Crippen LogP contribution is -2.15. The highest BCUT2D eigenvalue weighted by atomic mass is 19.1. The SMILES string of the molecule is CCCCCC[C@H]1CC[C@H](C=C[C@H]2CC[C@H](CCc3ccc(F)cc3)CC2)CC1. The summed E-state index contributed by atoms with van der Waals surface area (Å²) in [5, 5.41) is 0. The molecule has 0 aliphatic heterocycles. The molecule has 1 heteroatoms. The summed E-state index contributed by atoms with van der Waals surface area (Å²) in [5.74, 6) is 3.45. The van der Waals surface area contributed by atoms with E-state index < -0.39 is 0 Å². The van der Waals surface area contributed by atoms with Crippen LogP contribution in [0.15, 0.2) is 36.4 Å². The molecule has 0 radical (unpaired) electrons. The summed E-state index contributed by atoms with van der Waals surface area (Å²) in [6.07, 6.45) is 26.0. The van der Waals surface area contributed by atoms with Crippen molar-refractivity contribution < 1.29 is 4.39 Å². The van der Waals surface area contributed by atoms with Gasteiger partial charge in [0.15, 0.2) is 0 Å². The fourth-order valence-electron chi connectivity index (χ4n) is 5.53. The number of aryl methyl sites for hydroxylation is 1. The Hall–Kier alpha value is -1.11. The molecule has 0 saturated heterocycles. The third-order valence-corrected chi connectivity index (χ3v) is 7.66. The second-order valence-electron chi connectivity index (χ2n) is 9.96. The van der Waals surface area contributed by atoms with Crippen LogP contribution in [-0.2, 0) is 6.42 Å². The zero-order valence-electron chi connectivity index (χ0n) is 18.8. The Labute approximate surface area is 179 Å². The summed E-state index contributed by atoms with van der Waals surface area (Å²) in [7, 11) is 0. The summed E-state index contributed by atoms with van der Waals surface area (Å²) >= 11 is 0. The van der Waals surface area contributed by atoms with Crippen LogP contribution in [-0.4, -0.2) is 0 Å². The van der Waals surface area contributed by atoms with Crippen molar-refractivity contribution in [1.29, 1.82) is 0 Å². The van der Waals surface area contributed by atoms with E-state index in [4.69, 9.17) is 0 Å². The molecule has 0 atom stereocenters. The van der Waals surface area contributed by atoms with Gasteiger partial charge in [0.2, 0.25) is 0 Å². The molecule has 0 heterocycles. The van der Waals surface area contributed by atoms with E-state index in [0.717, 1.165) is 30.1 Å². The highest BCUT2D eigenvalue weighted by molar-refractivity contribution is 5.16. The lowest BCUT2D eigenvalue weighted by atomic mass is 9.77. The van der Waals surface area contributed by atoms with Crippen LogP contribution in [0.3, 0.4) is 0 Å². The Kier molecular flexibility index (Phi) is 9.77. The molecule has 1 aromatic carbocycles. The predicted molar refractivity (Wildman–Crippen MR) is 124 cm³/mol. The van der Waals surface area contributed by atoms with Crippen LogP contribution >= 0.6 is 0 Å². The predicted octanol–water partition coefficient (Wildman–Crippen LogP) is 8.90. The molecule has 0 nitrogen and oxygen atoms in total. The standard InChI is InChI=1S/C28H43F/c1-2-3-4-5-6-23-7-9-24(10-8-23)11-12-25-13-15-26(16-14-25)17-18-27-19-21-28(29)22-20-27/h11-12,19-26H,2-10,13-18H2,1H3/t23-,24-,25-,26-. The fraction of sp³-hybridized carbons (Fsp3) is 0.714. The Bertz CT molecular complexity index is 571. The molecule has 0 unspecified atom stereocenters. The Balaban J connectivity index is 1.27. The summed E-state index contributed by atoms with van der Waals surface area (Å²) < 4.78 is 13.0. The topological polar surface area (TPSA) is 0 Å². The van der Waals surface area contributed by atoms with Crippen molar-refractivity contribution in [1.82, 2.24) is 0 Å². The average molecular weight is 399 g/mol. The van der Waals surface area contributed by atoms with Crippen LogP contribution in [0.4, 0.5) is 4.39 Å². The van der Waals surface area contributed by atoms with Crippen LogP contribution in [0.5, 0.6) is 0 Å². The van der Waals surface area contributed by atoms with Gasteiger partial charge in [-0.25, -0.2) is 4.39 Å². The minimum Gasteiger partial charge on any atom is -0.207 e. The number of unbranched alkanes of at least 4 members (excludes halogenated alkanes) is 3. The minimum atomic E-state index is -0.124. The molecule has 29 heavy (non-hydrogen) atoms. The molecule has 0 N–H and O–H groups in total. The van der Waals surface area contributed by atoms with Crippen molar-refractivity contribution in [2.75, 3.05) is 0 Å². The molecule has 2 saturated carbocycles. The van der Waals surface area contributed by atoms with Gasteiger partial charge in [-0.05, 0) is 106 Å². The quantitative estimate of drug-likeness (QED) is 0.272. The maximum atomic E-state index is 13.0. The van der Waals surface area contributed by atoms with Crippen molar-refractivity contribution >= 4 is 0 Å². The number of allylic oxidation sites excluding steroid dienone is 2. The molecule has 1 aromatic rings. The molecule has 2 aliphatic carbocycles. The van der Waals surface area contributed by atoms with E-state index in [-0.39, 0.29) is 5.82 Å². The van der Waals surface area contributed by atoms with Crippen LogP contribution in [0.25, 0.3) is 0 Å². The van der Waals surface area contributed by atoms with E-state index in [9.17, 15) is 4.39 Å². The second-order valence-corrected chi connectivity index (χ2v) is 9.96. The van der Waals surface area contributed by atoms with E-state index in [2.05, 4.69) is 19.1 Å². The van der Waals surface area contributed by atoms with Gasteiger partial charge < -0.3 is 0 Å². The zero-order valence-corrected chi connectivity index (χ0v) is 18.8. The first-order chi connectivity index (χ1) is 14.2. The molecule has 3 rings (SSSR count). The van der Waals surface area contributed by atoms with Gasteiger partial charge in [0.1, 0.15) is 5.82 Å². The number of rotatable bonds is 10. The average Bonchev–Trinajstić information content (AvgIpc) is 2.76. The van der Waals surface area contributed by atoms with Crippen LogP contribution in [0, 0.1) is 29.5 Å². The van der Waals surface area contributed by atoms with Gasteiger partial charge in [0.05, 0.1) is 0 Å². The Morgan fingerprint density at radius 3 is 1.83 bits per heavy atom. The molecule has 2 fully saturated rings. The number of hydrogen-bond donors (Lipinski definition) is 0. The lowest BCUT2D eigenvalue weighted by Gasteiger charge is -2.29. The second kappa shape index (κ2) is 12.6. The fourth-order valence-corrected chi connectivity index (χ4v) is 5.53. The summed E-state index contributed by atoms with van der Waals surface area (Å²) in [6, 6.07) is 7.08. The molecule has 0 bridgehead atoms. The van der Waals surface area contributed by atoms with Crippen molar-refractivity contribution in [2.45, 2.75) is 103 Å². The van der Waals surface area contributed by atoms with Gasteiger partial charge in [-0.15, -0.1) is 0 Å². The van der Waals surface area contributed by atoms with Crippen molar-refractivity contribution in [2.24, 2.45) is 23.7 Å². The Morgan fingerprint density at radius 2 is 1.28 bits per heavy atom. The maximum Gasteiger partial charge on any atom is 0.123 e. The Morgan fingerprint density at radius 1 is 0.724 bits per heavy atom. The molecule has 162 valence electrons. The van der Waals surface area contributed by atoms with Gasteiger partial charge in [-0.1, -0.05) is 63.3 Å².